The van der Waals surface area contributed by atoms with Crippen LogP contribution in [0.3, 0.4) is 0 Å². The van der Waals surface area contributed by atoms with E-state index in [-0.39, 0.29) is 52.5 Å². The number of hydrogen-bond donors (Lipinski definition) is 2. The summed E-state index contributed by atoms with van der Waals surface area (Å²) in [6.07, 6.45) is 6.08. The molecule has 1 saturated carbocycles. The second-order valence-corrected chi connectivity index (χ2v) is 12.6. The topological polar surface area (TPSA) is 99.2 Å². The van der Waals surface area contributed by atoms with E-state index in [1.54, 1.807) is 41.3 Å². The summed E-state index contributed by atoms with van der Waals surface area (Å²) in [6.45, 7) is 5.76. The highest BCUT2D eigenvalue weighted by Gasteiger charge is 2.35. The standard InChI is InChI=1S/C29H41N3O5S/c1-21-17-32(22(2)20-33)29(34)25-15-10-16-26(30-38(35,36)24-13-8-5-9-14-24)28(25)37-27(21)19-31(3)18-23-11-6-4-7-12-23/h5,8-10,13-16,21-23,27,30,33H,4,6-7,11-12,17-20H2,1-3H3/t21-,22-,27+/m0/s1. The Morgan fingerprint density at radius 2 is 1.79 bits per heavy atom. The number of sulfonamides is 1. The van der Waals surface area contributed by atoms with Crippen molar-refractivity contribution in [1.82, 2.24) is 9.80 Å². The van der Waals surface area contributed by atoms with Gasteiger partial charge >= 0.3 is 0 Å². The summed E-state index contributed by atoms with van der Waals surface area (Å²) in [4.78, 5) is 17.8. The van der Waals surface area contributed by atoms with Crippen LogP contribution in [-0.4, -0.2) is 74.7 Å². The normalized spacial score (nSPS) is 21.8. The SMILES string of the molecule is C[C@H]1CN([C@@H](C)CO)C(=O)c2cccc(NS(=O)(=O)c3ccccc3)c2O[C@@H]1CN(C)CC1CCCCC1. The molecule has 0 bridgehead atoms. The molecule has 1 heterocycles. The minimum atomic E-state index is -3.90. The molecule has 0 spiro atoms. The third kappa shape index (κ3) is 6.68. The molecule has 0 aromatic heterocycles. The first-order chi connectivity index (χ1) is 18.2. The first-order valence-electron chi connectivity index (χ1n) is 13.7. The fourth-order valence-corrected chi connectivity index (χ4v) is 6.62. The molecular weight excluding hydrogens is 502 g/mol. The number of benzene rings is 2. The summed E-state index contributed by atoms with van der Waals surface area (Å²) in [5.74, 6) is 0.567. The maximum atomic E-state index is 13.7. The maximum absolute atomic E-state index is 13.7. The Labute approximate surface area is 227 Å². The number of aliphatic hydroxyl groups excluding tert-OH is 1. The summed E-state index contributed by atoms with van der Waals surface area (Å²) >= 11 is 0. The molecule has 2 aromatic rings. The van der Waals surface area contributed by atoms with Crippen molar-refractivity contribution in [2.24, 2.45) is 11.8 Å². The Morgan fingerprint density at radius 3 is 2.47 bits per heavy atom. The van der Waals surface area contributed by atoms with Crippen LogP contribution >= 0.6 is 0 Å². The van der Waals surface area contributed by atoms with Gasteiger partial charge in [-0.3, -0.25) is 9.52 Å². The third-order valence-electron chi connectivity index (χ3n) is 7.78. The van der Waals surface area contributed by atoms with Crippen molar-refractivity contribution in [1.29, 1.82) is 0 Å². The van der Waals surface area contributed by atoms with E-state index in [0.29, 0.717) is 19.0 Å². The Morgan fingerprint density at radius 1 is 1.08 bits per heavy atom. The van der Waals surface area contributed by atoms with Crippen molar-refractivity contribution >= 4 is 21.6 Å². The summed E-state index contributed by atoms with van der Waals surface area (Å²) in [7, 11) is -1.79. The predicted octanol–water partition coefficient (Wildman–Crippen LogP) is 4.22. The molecule has 8 nitrogen and oxygen atoms in total. The molecule has 4 rings (SSSR count). The first-order valence-corrected chi connectivity index (χ1v) is 15.2. The van der Waals surface area contributed by atoms with Crippen LogP contribution in [0, 0.1) is 11.8 Å². The number of rotatable bonds is 9. The number of likely N-dealkylation sites (N-methyl/N-ethyl adjacent to an activating group) is 1. The van der Waals surface area contributed by atoms with Crippen molar-refractivity contribution in [3.63, 3.8) is 0 Å². The quantitative estimate of drug-likeness (QED) is 0.491. The van der Waals surface area contributed by atoms with E-state index in [4.69, 9.17) is 4.74 Å². The molecule has 2 N–H and O–H groups in total. The van der Waals surface area contributed by atoms with Gasteiger partial charge in [-0.1, -0.05) is 50.5 Å². The van der Waals surface area contributed by atoms with Gasteiger partial charge in [0.05, 0.1) is 28.8 Å². The predicted molar refractivity (Wildman–Crippen MR) is 149 cm³/mol. The van der Waals surface area contributed by atoms with Gasteiger partial charge in [-0.2, -0.15) is 0 Å². The van der Waals surface area contributed by atoms with Gasteiger partial charge in [-0.05, 0) is 57.0 Å². The lowest BCUT2D eigenvalue weighted by molar-refractivity contribution is 0.0333. The molecule has 0 radical (unpaired) electrons. The van der Waals surface area contributed by atoms with Crippen molar-refractivity contribution < 1.29 is 23.1 Å². The van der Waals surface area contributed by atoms with Crippen LogP contribution in [0.15, 0.2) is 53.4 Å². The largest absolute Gasteiger partial charge is 0.486 e. The van der Waals surface area contributed by atoms with Crippen LogP contribution in [0.5, 0.6) is 5.75 Å². The lowest BCUT2D eigenvalue weighted by Gasteiger charge is -2.39. The van der Waals surface area contributed by atoms with Crippen molar-refractivity contribution in [3.05, 3.63) is 54.1 Å². The number of ether oxygens (including phenoxy) is 1. The van der Waals surface area contributed by atoms with Crippen LogP contribution in [0.1, 0.15) is 56.3 Å². The zero-order chi connectivity index (χ0) is 27.3. The van der Waals surface area contributed by atoms with Gasteiger partial charge in [-0.25, -0.2) is 8.42 Å². The minimum absolute atomic E-state index is 0.0475. The smallest absolute Gasteiger partial charge is 0.262 e. The summed E-state index contributed by atoms with van der Waals surface area (Å²) in [6, 6.07) is 12.7. The number of hydrogen-bond acceptors (Lipinski definition) is 6. The molecule has 0 saturated heterocycles. The Bertz CT molecular complexity index is 1180. The van der Waals surface area contributed by atoms with E-state index in [9.17, 15) is 18.3 Å². The van der Waals surface area contributed by atoms with Gasteiger partial charge < -0.3 is 19.6 Å². The fraction of sp³-hybridized carbons (Fsp3) is 0.552. The van der Waals surface area contributed by atoms with Crippen LogP contribution in [-0.2, 0) is 10.0 Å². The van der Waals surface area contributed by atoms with E-state index in [2.05, 4.69) is 16.7 Å². The van der Waals surface area contributed by atoms with E-state index in [1.165, 1.54) is 44.2 Å². The Hall–Kier alpha value is -2.62. The van der Waals surface area contributed by atoms with E-state index < -0.39 is 10.0 Å². The molecule has 1 amide bonds. The number of aliphatic hydroxyl groups is 1. The maximum Gasteiger partial charge on any atom is 0.262 e. The number of fused-ring (bicyclic) bond motifs is 1. The van der Waals surface area contributed by atoms with Gasteiger partial charge in [0.2, 0.25) is 0 Å². The second kappa shape index (κ2) is 12.5. The molecule has 2 aliphatic rings. The molecule has 1 fully saturated rings. The first kappa shape index (κ1) is 28.4. The van der Waals surface area contributed by atoms with Crippen molar-refractivity contribution in [2.45, 2.75) is 63.0 Å². The summed E-state index contributed by atoms with van der Waals surface area (Å²) in [5, 5.41) is 9.90. The highest BCUT2D eigenvalue weighted by Crippen LogP contribution is 2.36. The number of carbonyl (C=O) groups is 1. The van der Waals surface area contributed by atoms with Gasteiger partial charge in [-0.15, -0.1) is 0 Å². The average Bonchev–Trinajstić information content (AvgIpc) is 2.91. The Kier molecular flexibility index (Phi) is 9.33. The van der Waals surface area contributed by atoms with Crippen LogP contribution < -0.4 is 9.46 Å². The zero-order valence-corrected chi connectivity index (χ0v) is 23.5. The number of para-hydroxylation sites is 1. The Balaban J connectivity index is 1.67. The average molecular weight is 544 g/mol. The summed E-state index contributed by atoms with van der Waals surface area (Å²) < 4.78 is 35.6. The van der Waals surface area contributed by atoms with Crippen molar-refractivity contribution in [3.8, 4) is 5.75 Å². The molecule has 208 valence electrons. The highest BCUT2D eigenvalue weighted by molar-refractivity contribution is 7.92. The van der Waals surface area contributed by atoms with E-state index in [1.807, 2.05) is 13.8 Å². The fourth-order valence-electron chi connectivity index (χ4n) is 5.54. The lowest BCUT2D eigenvalue weighted by atomic mass is 9.89. The zero-order valence-electron chi connectivity index (χ0n) is 22.7. The highest BCUT2D eigenvalue weighted by atomic mass is 32.2. The number of amides is 1. The van der Waals surface area contributed by atoms with E-state index >= 15 is 0 Å². The van der Waals surface area contributed by atoms with Crippen LogP contribution in [0.2, 0.25) is 0 Å². The number of nitrogens with one attached hydrogen (secondary N) is 1. The number of carbonyl (C=O) groups excluding carboxylic acids is 1. The van der Waals surface area contributed by atoms with Crippen LogP contribution in [0.25, 0.3) is 0 Å². The molecule has 1 aliphatic carbocycles. The summed E-state index contributed by atoms with van der Waals surface area (Å²) in [5.41, 5.74) is 0.510. The number of nitrogens with zero attached hydrogens (tertiary/aromatic N) is 2. The molecular formula is C29H41N3O5S. The van der Waals surface area contributed by atoms with Gasteiger partial charge in [0, 0.05) is 25.6 Å². The van der Waals surface area contributed by atoms with Gasteiger partial charge in [0.1, 0.15) is 6.10 Å². The molecule has 3 atom stereocenters. The van der Waals surface area contributed by atoms with E-state index in [0.717, 1.165) is 6.54 Å². The molecule has 1 aliphatic heterocycles. The number of anilines is 1. The van der Waals surface area contributed by atoms with Crippen LogP contribution in [0.4, 0.5) is 5.69 Å². The lowest BCUT2D eigenvalue weighted by Crippen LogP contribution is -2.50. The molecule has 0 unspecified atom stereocenters. The van der Waals surface area contributed by atoms with Gasteiger partial charge in [0.15, 0.2) is 5.75 Å². The monoisotopic (exact) mass is 543 g/mol. The minimum Gasteiger partial charge on any atom is -0.486 e. The second-order valence-electron chi connectivity index (χ2n) is 10.9. The van der Waals surface area contributed by atoms with Crippen molar-refractivity contribution in [2.75, 3.05) is 38.0 Å². The van der Waals surface area contributed by atoms with Gasteiger partial charge in [0.25, 0.3) is 15.9 Å². The third-order valence-corrected chi connectivity index (χ3v) is 9.16. The molecule has 9 heteroatoms. The molecule has 2 aromatic carbocycles. The molecule has 38 heavy (non-hydrogen) atoms.